The molecule has 6 heteroatoms. The van der Waals surface area contributed by atoms with Gasteiger partial charge in [0.15, 0.2) is 0 Å². The number of carbonyl (C=O) groups excluding carboxylic acids is 2. The Morgan fingerprint density at radius 1 is 1.44 bits per heavy atom. The van der Waals surface area contributed by atoms with E-state index in [0.29, 0.717) is 10.6 Å². The van der Waals surface area contributed by atoms with Gasteiger partial charge in [-0.25, -0.2) is 0 Å². The molecule has 1 heterocycles. The summed E-state index contributed by atoms with van der Waals surface area (Å²) in [5.74, 6) is -0.417. The van der Waals surface area contributed by atoms with Gasteiger partial charge in [-0.3, -0.25) is 9.59 Å². The van der Waals surface area contributed by atoms with E-state index in [1.165, 1.54) is 16.2 Å². The van der Waals surface area contributed by atoms with Gasteiger partial charge in [0.1, 0.15) is 4.88 Å². The zero-order valence-electron chi connectivity index (χ0n) is 11.1. The summed E-state index contributed by atoms with van der Waals surface area (Å²) in [4.78, 5) is 25.5. The minimum absolute atomic E-state index is 0.0213. The van der Waals surface area contributed by atoms with Gasteiger partial charge in [-0.05, 0) is 32.2 Å². The number of carbonyl (C=O) groups is 2. The van der Waals surface area contributed by atoms with Crippen molar-refractivity contribution in [1.82, 2.24) is 10.2 Å². The summed E-state index contributed by atoms with van der Waals surface area (Å²) in [5.41, 5.74) is 5.82. The second-order valence-corrected chi connectivity index (χ2v) is 6.08. The first-order valence-electron chi connectivity index (χ1n) is 5.60. The summed E-state index contributed by atoms with van der Waals surface area (Å²) in [6.45, 7) is 5.70. The molecule has 0 aliphatic heterocycles. The first kappa shape index (κ1) is 14.5. The van der Waals surface area contributed by atoms with E-state index in [4.69, 9.17) is 5.73 Å². The number of likely N-dealkylation sites (N-methyl/N-ethyl adjacent to an activating group) is 1. The highest BCUT2D eigenvalue weighted by Crippen LogP contribution is 2.20. The van der Waals surface area contributed by atoms with Crippen LogP contribution >= 0.6 is 11.3 Å². The quantitative estimate of drug-likeness (QED) is 0.869. The lowest BCUT2D eigenvalue weighted by Crippen LogP contribution is -2.46. The molecule has 0 spiro atoms. The molecule has 3 N–H and O–H groups in total. The molecule has 0 aliphatic carbocycles. The van der Waals surface area contributed by atoms with Crippen LogP contribution in [-0.2, 0) is 4.79 Å². The summed E-state index contributed by atoms with van der Waals surface area (Å²) < 4.78 is 0. The van der Waals surface area contributed by atoms with Crippen molar-refractivity contribution < 1.29 is 9.59 Å². The minimum Gasteiger partial charge on any atom is -0.397 e. The number of rotatable bonds is 3. The molecular weight excluding hydrogens is 250 g/mol. The van der Waals surface area contributed by atoms with Crippen molar-refractivity contribution in [3.8, 4) is 0 Å². The first-order valence-corrected chi connectivity index (χ1v) is 6.48. The molecule has 0 aromatic carbocycles. The number of thiophene rings is 1. The van der Waals surface area contributed by atoms with Crippen molar-refractivity contribution >= 4 is 28.8 Å². The smallest absolute Gasteiger partial charge is 0.266 e. The highest BCUT2D eigenvalue weighted by atomic mass is 32.1. The third kappa shape index (κ3) is 4.03. The van der Waals surface area contributed by atoms with E-state index in [1.807, 2.05) is 20.8 Å². The number of anilines is 1. The Bertz CT molecular complexity index is 448. The van der Waals surface area contributed by atoms with E-state index in [1.54, 1.807) is 18.5 Å². The predicted octanol–water partition coefficient (Wildman–Crippen LogP) is 1.32. The van der Waals surface area contributed by atoms with Crippen molar-refractivity contribution in [2.24, 2.45) is 0 Å². The number of hydrogen-bond donors (Lipinski definition) is 2. The lowest BCUT2D eigenvalue weighted by Gasteiger charge is -2.23. The van der Waals surface area contributed by atoms with Crippen LogP contribution in [0.1, 0.15) is 30.4 Å². The standard InChI is InChI=1S/C12H19N3O2S/c1-12(2,3)14-9(16)7-15(4)11(17)10-8(13)5-6-18-10/h5-6H,7,13H2,1-4H3,(H,14,16). The highest BCUT2D eigenvalue weighted by Gasteiger charge is 2.20. The van der Waals surface area contributed by atoms with Crippen molar-refractivity contribution in [3.05, 3.63) is 16.3 Å². The number of hydrogen-bond acceptors (Lipinski definition) is 4. The molecule has 0 saturated heterocycles. The fourth-order valence-corrected chi connectivity index (χ4v) is 2.22. The van der Waals surface area contributed by atoms with E-state index in [9.17, 15) is 9.59 Å². The highest BCUT2D eigenvalue weighted by molar-refractivity contribution is 7.12. The summed E-state index contributed by atoms with van der Waals surface area (Å²) >= 11 is 1.28. The molecule has 0 atom stereocenters. The molecular formula is C12H19N3O2S. The van der Waals surface area contributed by atoms with Crippen LogP contribution in [0.5, 0.6) is 0 Å². The topological polar surface area (TPSA) is 75.4 Å². The molecule has 0 saturated carbocycles. The zero-order chi connectivity index (χ0) is 13.9. The molecule has 1 aromatic heterocycles. The Labute approximate surface area is 111 Å². The third-order valence-electron chi connectivity index (χ3n) is 2.13. The Morgan fingerprint density at radius 3 is 2.50 bits per heavy atom. The molecule has 1 rings (SSSR count). The predicted molar refractivity (Wildman–Crippen MR) is 73.6 cm³/mol. The van der Waals surface area contributed by atoms with Crippen LogP contribution < -0.4 is 11.1 Å². The normalized spacial score (nSPS) is 11.1. The maximum absolute atomic E-state index is 12.0. The lowest BCUT2D eigenvalue weighted by molar-refractivity contribution is -0.122. The van der Waals surface area contributed by atoms with Gasteiger partial charge in [-0.15, -0.1) is 11.3 Å². The maximum atomic E-state index is 12.0. The average Bonchev–Trinajstić information content (AvgIpc) is 2.60. The van der Waals surface area contributed by atoms with Crippen LogP contribution in [0.15, 0.2) is 11.4 Å². The van der Waals surface area contributed by atoms with Crippen LogP contribution in [0.2, 0.25) is 0 Å². The Hall–Kier alpha value is -1.56. The van der Waals surface area contributed by atoms with Crippen molar-refractivity contribution in [3.63, 3.8) is 0 Å². The molecule has 1 aromatic rings. The minimum atomic E-state index is -0.303. The number of nitrogen functional groups attached to an aromatic ring is 1. The molecule has 0 bridgehead atoms. The summed E-state index contributed by atoms with van der Waals surface area (Å²) in [7, 11) is 1.59. The van der Waals surface area contributed by atoms with Gasteiger partial charge in [0, 0.05) is 12.6 Å². The first-order chi connectivity index (χ1) is 8.20. The average molecular weight is 269 g/mol. The summed E-state index contributed by atoms with van der Waals surface area (Å²) in [6.07, 6.45) is 0. The Balaban J connectivity index is 2.61. The maximum Gasteiger partial charge on any atom is 0.266 e. The Morgan fingerprint density at radius 2 is 2.06 bits per heavy atom. The van der Waals surface area contributed by atoms with Gasteiger partial charge in [-0.2, -0.15) is 0 Å². The molecule has 18 heavy (non-hydrogen) atoms. The van der Waals surface area contributed by atoms with Gasteiger partial charge >= 0.3 is 0 Å². The van der Waals surface area contributed by atoms with Crippen LogP contribution in [0.4, 0.5) is 5.69 Å². The molecule has 0 aliphatic rings. The number of nitrogens with zero attached hydrogens (tertiary/aromatic N) is 1. The zero-order valence-corrected chi connectivity index (χ0v) is 11.9. The monoisotopic (exact) mass is 269 g/mol. The summed E-state index contributed by atoms with van der Waals surface area (Å²) in [6, 6.07) is 1.68. The van der Waals surface area contributed by atoms with Crippen molar-refractivity contribution in [2.45, 2.75) is 26.3 Å². The van der Waals surface area contributed by atoms with E-state index in [2.05, 4.69) is 5.32 Å². The fourth-order valence-electron chi connectivity index (χ4n) is 1.41. The van der Waals surface area contributed by atoms with E-state index >= 15 is 0 Å². The van der Waals surface area contributed by atoms with Crippen molar-refractivity contribution in [1.29, 1.82) is 0 Å². The molecule has 100 valence electrons. The fraction of sp³-hybridized carbons (Fsp3) is 0.500. The lowest BCUT2D eigenvalue weighted by atomic mass is 10.1. The summed E-state index contributed by atoms with van der Waals surface area (Å²) in [5, 5.41) is 4.56. The van der Waals surface area contributed by atoms with Gasteiger partial charge in [0.25, 0.3) is 5.91 Å². The number of nitrogens with two attached hydrogens (primary N) is 1. The van der Waals surface area contributed by atoms with Gasteiger partial charge in [0.2, 0.25) is 5.91 Å². The SMILES string of the molecule is CN(CC(=O)NC(C)(C)C)C(=O)c1sccc1N. The van der Waals surface area contributed by atoms with Gasteiger partial charge < -0.3 is 16.0 Å². The van der Waals surface area contributed by atoms with Gasteiger partial charge in [0.05, 0.1) is 12.2 Å². The van der Waals surface area contributed by atoms with Crippen LogP contribution in [0.25, 0.3) is 0 Å². The molecule has 0 unspecified atom stereocenters. The number of nitrogens with one attached hydrogen (secondary N) is 1. The molecule has 5 nitrogen and oxygen atoms in total. The van der Waals surface area contributed by atoms with E-state index in [0.717, 1.165) is 0 Å². The van der Waals surface area contributed by atoms with Crippen LogP contribution in [0.3, 0.4) is 0 Å². The second kappa shape index (κ2) is 5.39. The molecule has 2 amide bonds. The van der Waals surface area contributed by atoms with Gasteiger partial charge in [-0.1, -0.05) is 0 Å². The molecule has 0 radical (unpaired) electrons. The van der Waals surface area contributed by atoms with Crippen LogP contribution in [-0.4, -0.2) is 35.8 Å². The van der Waals surface area contributed by atoms with Crippen molar-refractivity contribution in [2.75, 3.05) is 19.3 Å². The molecule has 0 fully saturated rings. The third-order valence-corrected chi connectivity index (χ3v) is 3.05. The largest absolute Gasteiger partial charge is 0.397 e. The van der Waals surface area contributed by atoms with Crippen LogP contribution in [0, 0.1) is 0 Å². The Kier molecular flexibility index (Phi) is 4.34. The van der Waals surface area contributed by atoms with E-state index in [-0.39, 0.29) is 23.9 Å². The number of amides is 2. The van der Waals surface area contributed by atoms with E-state index < -0.39 is 0 Å². The second-order valence-electron chi connectivity index (χ2n) is 5.16.